The van der Waals surface area contributed by atoms with Crippen LogP contribution in [0.3, 0.4) is 0 Å². The third kappa shape index (κ3) is 3.46. The zero-order valence-electron chi connectivity index (χ0n) is 10.1. The van der Waals surface area contributed by atoms with Gasteiger partial charge in [-0.25, -0.2) is 0 Å². The molecule has 3 unspecified atom stereocenters. The summed E-state index contributed by atoms with van der Waals surface area (Å²) in [4.78, 5) is 11.7. The Bertz CT molecular complexity index is 217. The maximum atomic E-state index is 11.7. The van der Waals surface area contributed by atoms with E-state index >= 15 is 0 Å². The van der Waals surface area contributed by atoms with Crippen molar-refractivity contribution in [2.75, 3.05) is 13.2 Å². The van der Waals surface area contributed by atoms with Gasteiger partial charge in [0.05, 0.1) is 12.5 Å². The van der Waals surface area contributed by atoms with Gasteiger partial charge in [-0.2, -0.15) is 0 Å². The Labute approximate surface area is 96.9 Å². The molecule has 0 amide bonds. The zero-order valence-corrected chi connectivity index (χ0v) is 10.1. The molecule has 0 saturated heterocycles. The van der Waals surface area contributed by atoms with Gasteiger partial charge < -0.3 is 14.6 Å². The third-order valence-electron chi connectivity index (χ3n) is 3.11. The Balaban J connectivity index is 2.59. The predicted octanol–water partition coefficient (Wildman–Crippen LogP) is 1.71. The first kappa shape index (κ1) is 13.5. The van der Waals surface area contributed by atoms with Gasteiger partial charge >= 0.3 is 5.97 Å². The fourth-order valence-corrected chi connectivity index (χ4v) is 2.34. The van der Waals surface area contributed by atoms with E-state index in [1.165, 1.54) is 0 Å². The second-order valence-electron chi connectivity index (χ2n) is 4.15. The van der Waals surface area contributed by atoms with Crippen molar-refractivity contribution < 1.29 is 19.4 Å². The largest absolute Gasteiger partial charge is 0.466 e. The first-order chi connectivity index (χ1) is 7.70. The highest BCUT2D eigenvalue weighted by atomic mass is 16.6. The standard InChI is InChI=1S/C12H22O4/c1-3-15-11(13)9-7-5-6-8-10(9)12(14)16-4-2/h9-11,13H,3-8H2,1-2H3. The Kier molecular flexibility index (Phi) is 5.77. The summed E-state index contributed by atoms with van der Waals surface area (Å²) in [5.74, 6) is -0.492. The van der Waals surface area contributed by atoms with E-state index in [0.29, 0.717) is 13.2 Å². The zero-order chi connectivity index (χ0) is 12.0. The highest BCUT2D eigenvalue weighted by Gasteiger charge is 2.36. The van der Waals surface area contributed by atoms with Crippen LogP contribution in [0.15, 0.2) is 0 Å². The quantitative estimate of drug-likeness (QED) is 0.577. The Hall–Kier alpha value is -0.610. The molecular weight excluding hydrogens is 208 g/mol. The summed E-state index contributed by atoms with van der Waals surface area (Å²) in [6, 6.07) is 0. The summed E-state index contributed by atoms with van der Waals surface area (Å²) in [7, 11) is 0. The van der Waals surface area contributed by atoms with Gasteiger partial charge in [0.2, 0.25) is 0 Å². The van der Waals surface area contributed by atoms with E-state index in [9.17, 15) is 9.90 Å². The molecule has 0 spiro atoms. The van der Waals surface area contributed by atoms with E-state index < -0.39 is 6.29 Å². The lowest BCUT2D eigenvalue weighted by Crippen LogP contribution is -2.37. The van der Waals surface area contributed by atoms with Crippen molar-refractivity contribution in [3.8, 4) is 0 Å². The Morgan fingerprint density at radius 1 is 1.31 bits per heavy atom. The summed E-state index contributed by atoms with van der Waals surface area (Å²) in [5, 5.41) is 9.83. The number of hydrogen-bond acceptors (Lipinski definition) is 4. The molecule has 0 aliphatic heterocycles. The molecule has 94 valence electrons. The fraction of sp³-hybridized carbons (Fsp3) is 0.917. The molecule has 1 N–H and O–H groups in total. The summed E-state index contributed by atoms with van der Waals surface area (Å²) in [6.45, 7) is 4.50. The van der Waals surface area contributed by atoms with Crippen LogP contribution in [0.2, 0.25) is 0 Å². The fourth-order valence-electron chi connectivity index (χ4n) is 2.34. The molecule has 0 radical (unpaired) electrons. The van der Waals surface area contributed by atoms with Crippen LogP contribution in [0.25, 0.3) is 0 Å². The average Bonchev–Trinajstić information content (AvgIpc) is 2.30. The van der Waals surface area contributed by atoms with E-state index in [2.05, 4.69) is 0 Å². The molecule has 16 heavy (non-hydrogen) atoms. The molecule has 1 aliphatic rings. The highest BCUT2D eigenvalue weighted by Crippen LogP contribution is 2.33. The van der Waals surface area contributed by atoms with Crippen molar-refractivity contribution in [2.45, 2.75) is 45.8 Å². The van der Waals surface area contributed by atoms with Crippen molar-refractivity contribution in [2.24, 2.45) is 11.8 Å². The number of aliphatic hydroxyl groups is 1. The van der Waals surface area contributed by atoms with Crippen LogP contribution in [0.1, 0.15) is 39.5 Å². The van der Waals surface area contributed by atoms with E-state index in [0.717, 1.165) is 25.7 Å². The number of rotatable bonds is 5. The summed E-state index contributed by atoms with van der Waals surface area (Å²) >= 11 is 0. The highest BCUT2D eigenvalue weighted by molar-refractivity contribution is 5.72. The van der Waals surface area contributed by atoms with Crippen LogP contribution in [0, 0.1) is 11.8 Å². The second-order valence-corrected chi connectivity index (χ2v) is 4.15. The molecule has 1 aliphatic carbocycles. The lowest BCUT2D eigenvalue weighted by molar-refractivity contribution is -0.174. The van der Waals surface area contributed by atoms with Gasteiger partial charge in [-0.15, -0.1) is 0 Å². The van der Waals surface area contributed by atoms with Gasteiger partial charge in [-0.05, 0) is 26.7 Å². The third-order valence-corrected chi connectivity index (χ3v) is 3.11. The van der Waals surface area contributed by atoms with Crippen molar-refractivity contribution in [3.63, 3.8) is 0 Å². The number of hydrogen-bond donors (Lipinski definition) is 1. The van der Waals surface area contributed by atoms with E-state index in [1.807, 2.05) is 6.92 Å². The molecule has 0 bridgehead atoms. The van der Waals surface area contributed by atoms with Crippen LogP contribution in [0.5, 0.6) is 0 Å². The Morgan fingerprint density at radius 2 is 2.00 bits per heavy atom. The average molecular weight is 230 g/mol. The lowest BCUT2D eigenvalue weighted by atomic mass is 9.79. The minimum atomic E-state index is -0.834. The molecule has 0 aromatic carbocycles. The molecule has 4 heteroatoms. The van der Waals surface area contributed by atoms with Gasteiger partial charge in [-0.1, -0.05) is 12.8 Å². The monoisotopic (exact) mass is 230 g/mol. The summed E-state index contributed by atoms with van der Waals surface area (Å²) in [5.41, 5.74) is 0. The molecule has 1 fully saturated rings. The van der Waals surface area contributed by atoms with Crippen LogP contribution in [-0.4, -0.2) is 30.6 Å². The normalized spacial score (nSPS) is 27.4. The lowest BCUT2D eigenvalue weighted by Gasteiger charge is -2.32. The number of esters is 1. The number of ether oxygens (including phenoxy) is 2. The maximum Gasteiger partial charge on any atom is 0.309 e. The first-order valence-electron chi connectivity index (χ1n) is 6.17. The minimum absolute atomic E-state index is 0.104. The van der Waals surface area contributed by atoms with Gasteiger partial charge in [-0.3, -0.25) is 4.79 Å². The van der Waals surface area contributed by atoms with E-state index in [1.54, 1.807) is 6.92 Å². The summed E-state index contributed by atoms with van der Waals surface area (Å²) < 4.78 is 10.2. The van der Waals surface area contributed by atoms with Crippen molar-refractivity contribution in [1.29, 1.82) is 0 Å². The maximum absolute atomic E-state index is 11.7. The van der Waals surface area contributed by atoms with Gasteiger partial charge in [0.1, 0.15) is 0 Å². The molecule has 0 heterocycles. The van der Waals surface area contributed by atoms with Crippen LogP contribution < -0.4 is 0 Å². The van der Waals surface area contributed by atoms with E-state index in [4.69, 9.17) is 9.47 Å². The second kappa shape index (κ2) is 6.86. The predicted molar refractivity (Wildman–Crippen MR) is 59.7 cm³/mol. The summed E-state index contributed by atoms with van der Waals surface area (Å²) in [6.07, 6.45) is 2.88. The van der Waals surface area contributed by atoms with Crippen molar-refractivity contribution >= 4 is 5.97 Å². The van der Waals surface area contributed by atoms with Crippen molar-refractivity contribution in [3.05, 3.63) is 0 Å². The van der Waals surface area contributed by atoms with Crippen LogP contribution >= 0.6 is 0 Å². The number of aliphatic hydroxyl groups excluding tert-OH is 1. The first-order valence-corrected chi connectivity index (χ1v) is 6.17. The van der Waals surface area contributed by atoms with Crippen molar-refractivity contribution in [1.82, 2.24) is 0 Å². The number of carbonyl (C=O) groups is 1. The topological polar surface area (TPSA) is 55.8 Å². The van der Waals surface area contributed by atoms with E-state index in [-0.39, 0.29) is 17.8 Å². The molecular formula is C12H22O4. The van der Waals surface area contributed by atoms with Crippen LogP contribution in [-0.2, 0) is 14.3 Å². The van der Waals surface area contributed by atoms with Gasteiger partial charge in [0, 0.05) is 12.5 Å². The SMILES string of the molecule is CCOC(=O)C1CCCCC1C(O)OCC. The minimum Gasteiger partial charge on any atom is -0.466 e. The smallest absolute Gasteiger partial charge is 0.309 e. The molecule has 1 rings (SSSR count). The molecule has 3 atom stereocenters. The van der Waals surface area contributed by atoms with Gasteiger partial charge in [0.15, 0.2) is 6.29 Å². The molecule has 0 aromatic heterocycles. The number of carbonyl (C=O) groups excluding carboxylic acids is 1. The Morgan fingerprint density at radius 3 is 2.62 bits per heavy atom. The van der Waals surface area contributed by atoms with Gasteiger partial charge in [0.25, 0.3) is 0 Å². The van der Waals surface area contributed by atoms with Crippen LogP contribution in [0.4, 0.5) is 0 Å². The molecule has 0 aromatic rings. The molecule has 1 saturated carbocycles. The molecule has 4 nitrogen and oxygen atoms in total.